The molecule has 0 saturated heterocycles. The molecule has 1 heterocycles. The lowest BCUT2D eigenvalue weighted by Crippen LogP contribution is -2.43. The maximum atomic E-state index is 12.6. The fourth-order valence-electron chi connectivity index (χ4n) is 9.46. The van der Waals surface area contributed by atoms with Crippen molar-refractivity contribution in [2.24, 2.45) is 41.5 Å². The standard InChI is InChI=1S/C23H23N3O4/c1-25-20(27)24-26(21(25)28)9-6-7-22-17-12-10(29-2)4-5-11(30-3)13(12)18-15-14(17)16(15)19(22)23(18,22)8-9/h4-7,9,14-19H,8H2,1-3H3,(H,24,27)/t9-,14+,15+,16+,17-,18-,19+,22-,23-/m0/s1. The summed E-state index contributed by atoms with van der Waals surface area (Å²) < 4.78 is 14.4. The minimum absolute atomic E-state index is 0.0973. The zero-order chi connectivity index (χ0) is 20.3. The topological polar surface area (TPSA) is 78.2 Å². The van der Waals surface area contributed by atoms with Gasteiger partial charge in [-0.05, 0) is 53.6 Å². The molecule has 2 aromatic rings. The Morgan fingerprint density at radius 2 is 1.70 bits per heavy atom. The molecule has 4 saturated carbocycles. The lowest BCUT2D eigenvalue weighted by Gasteiger charge is -2.50. The lowest BCUT2D eigenvalue weighted by atomic mass is 9.53. The molecule has 0 radical (unpaired) electrons. The van der Waals surface area contributed by atoms with E-state index in [1.165, 1.54) is 22.9 Å². The molecule has 0 aliphatic heterocycles. The molecular formula is C23H23N3O4. The van der Waals surface area contributed by atoms with Gasteiger partial charge in [-0.2, -0.15) is 0 Å². The van der Waals surface area contributed by atoms with Crippen LogP contribution < -0.4 is 20.9 Å². The second-order valence-electron chi connectivity index (χ2n) is 10.2. The molecule has 1 N–H and O–H groups in total. The third kappa shape index (κ3) is 1.23. The number of H-pyrrole nitrogens is 1. The molecule has 2 bridgehead atoms. The molecule has 0 unspecified atom stereocenters. The van der Waals surface area contributed by atoms with Gasteiger partial charge in [-0.15, -0.1) is 0 Å². The Kier molecular flexibility index (Phi) is 2.32. The number of benzene rings is 1. The van der Waals surface area contributed by atoms with E-state index >= 15 is 0 Å². The van der Waals surface area contributed by atoms with Gasteiger partial charge in [0.2, 0.25) is 0 Å². The Morgan fingerprint density at radius 3 is 2.33 bits per heavy atom. The first-order chi connectivity index (χ1) is 14.5. The molecule has 9 atom stereocenters. The van der Waals surface area contributed by atoms with Crippen molar-refractivity contribution in [3.8, 4) is 11.5 Å². The van der Waals surface area contributed by atoms with E-state index in [-0.39, 0.29) is 28.3 Å². The summed E-state index contributed by atoms with van der Waals surface area (Å²) in [6.45, 7) is 0. The summed E-state index contributed by atoms with van der Waals surface area (Å²) in [5.41, 5.74) is 2.51. The Hall–Kier alpha value is -2.70. The second-order valence-corrected chi connectivity index (χ2v) is 10.2. The van der Waals surface area contributed by atoms with Crippen LogP contribution in [-0.4, -0.2) is 28.6 Å². The normalized spacial score (nSPS) is 46.4. The number of hydrogen-bond acceptors (Lipinski definition) is 4. The second kappa shape index (κ2) is 4.34. The minimum atomic E-state index is -0.352. The van der Waals surface area contributed by atoms with Crippen molar-refractivity contribution in [2.75, 3.05) is 14.2 Å². The fourth-order valence-corrected chi connectivity index (χ4v) is 9.46. The number of allylic oxidation sites excluding steroid dienone is 2. The van der Waals surface area contributed by atoms with E-state index in [0.717, 1.165) is 40.2 Å². The number of nitrogens with one attached hydrogen (secondary N) is 1. The monoisotopic (exact) mass is 405 g/mol. The van der Waals surface area contributed by atoms with Gasteiger partial charge in [-0.3, -0.25) is 0 Å². The van der Waals surface area contributed by atoms with Crippen LogP contribution in [0.5, 0.6) is 11.5 Å². The molecule has 2 spiro atoms. The summed E-state index contributed by atoms with van der Waals surface area (Å²) in [7, 11) is 5.06. The highest BCUT2D eigenvalue weighted by molar-refractivity contribution is 5.70. The van der Waals surface area contributed by atoms with Crippen molar-refractivity contribution >= 4 is 0 Å². The SMILES string of the molecule is COc1ccc(OC)c2c1[C@H]1[C@H]3[C@@H]4[C@@H]3[C@H]2[C@]23C[C@@H](n5[nH]c(=O)n(C)c5=O)C=C[C@@]12[C@@H]43. The lowest BCUT2D eigenvalue weighted by molar-refractivity contribution is 0.131. The molecule has 7 aliphatic carbocycles. The van der Waals surface area contributed by atoms with Gasteiger partial charge < -0.3 is 9.47 Å². The van der Waals surface area contributed by atoms with E-state index in [9.17, 15) is 9.59 Å². The third-order valence-corrected chi connectivity index (χ3v) is 9.96. The van der Waals surface area contributed by atoms with Gasteiger partial charge in [0.05, 0.1) is 20.3 Å². The molecule has 0 amide bonds. The van der Waals surface area contributed by atoms with Crippen LogP contribution in [0.25, 0.3) is 0 Å². The highest BCUT2D eigenvalue weighted by Crippen LogP contribution is 3.06. The van der Waals surface area contributed by atoms with Crippen molar-refractivity contribution < 1.29 is 9.47 Å². The van der Waals surface area contributed by atoms with Crippen molar-refractivity contribution in [3.05, 3.63) is 56.4 Å². The van der Waals surface area contributed by atoms with Gasteiger partial charge in [-0.25, -0.2) is 23.9 Å². The van der Waals surface area contributed by atoms with Gasteiger partial charge in [-0.1, -0.05) is 12.2 Å². The number of aromatic amines is 1. The molecular weight excluding hydrogens is 382 g/mol. The Balaban J connectivity index is 1.35. The zero-order valence-corrected chi connectivity index (χ0v) is 17.1. The first kappa shape index (κ1) is 16.1. The predicted octanol–water partition coefficient (Wildman–Crippen LogP) is 1.77. The third-order valence-electron chi connectivity index (χ3n) is 9.96. The molecule has 7 heteroatoms. The van der Waals surface area contributed by atoms with E-state index in [4.69, 9.17) is 9.47 Å². The van der Waals surface area contributed by atoms with Gasteiger partial charge in [0.1, 0.15) is 11.5 Å². The van der Waals surface area contributed by atoms with Crippen molar-refractivity contribution in [2.45, 2.75) is 24.3 Å². The summed E-state index contributed by atoms with van der Waals surface area (Å²) in [6, 6.07) is 4.02. The molecule has 7 aliphatic rings. The van der Waals surface area contributed by atoms with Crippen LogP contribution >= 0.6 is 0 Å². The molecule has 154 valence electrons. The first-order valence-corrected chi connectivity index (χ1v) is 10.8. The van der Waals surface area contributed by atoms with Crippen LogP contribution in [0.3, 0.4) is 0 Å². The van der Waals surface area contributed by atoms with E-state index in [2.05, 4.69) is 29.4 Å². The first-order valence-electron chi connectivity index (χ1n) is 10.8. The quantitative estimate of drug-likeness (QED) is 0.790. The van der Waals surface area contributed by atoms with Gasteiger partial charge in [0, 0.05) is 29.5 Å². The van der Waals surface area contributed by atoms with E-state index in [0.29, 0.717) is 17.8 Å². The molecule has 1 aromatic carbocycles. The maximum absolute atomic E-state index is 12.6. The van der Waals surface area contributed by atoms with Crippen molar-refractivity contribution in [1.82, 2.24) is 14.3 Å². The summed E-state index contributed by atoms with van der Waals surface area (Å²) in [6.07, 6.45) is 5.52. The van der Waals surface area contributed by atoms with Crippen LogP contribution in [0.15, 0.2) is 33.9 Å². The number of methoxy groups -OCH3 is 2. The molecule has 7 nitrogen and oxygen atoms in total. The predicted molar refractivity (Wildman–Crippen MR) is 107 cm³/mol. The minimum Gasteiger partial charge on any atom is -0.496 e. The van der Waals surface area contributed by atoms with Crippen LogP contribution in [0, 0.1) is 34.5 Å². The number of aromatic nitrogens is 3. The number of hydrogen-bond donors (Lipinski definition) is 1. The zero-order valence-electron chi connectivity index (χ0n) is 17.1. The summed E-state index contributed by atoms with van der Waals surface area (Å²) >= 11 is 0. The Labute approximate surface area is 172 Å². The van der Waals surface area contributed by atoms with Crippen LogP contribution in [0.4, 0.5) is 0 Å². The summed E-state index contributed by atoms with van der Waals surface area (Å²) in [4.78, 5) is 24.7. The van der Waals surface area contributed by atoms with E-state index < -0.39 is 0 Å². The van der Waals surface area contributed by atoms with Gasteiger partial charge >= 0.3 is 11.4 Å². The highest BCUT2D eigenvalue weighted by atomic mass is 16.5. The van der Waals surface area contributed by atoms with Crippen LogP contribution in [0.2, 0.25) is 0 Å². The molecule has 4 fully saturated rings. The number of rotatable bonds is 3. The van der Waals surface area contributed by atoms with Gasteiger partial charge in [0.15, 0.2) is 0 Å². The summed E-state index contributed by atoms with van der Waals surface area (Å²) in [5, 5.41) is 2.77. The van der Waals surface area contributed by atoms with E-state index in [1.807, 2.05) is 0 Å². The highest BCUT2D eigenvalue weighted by Gasteiger charge is 3.01. The van der Waals surface area contributed by atoms with Crippen LogP contribution in [0.1, 0.15) is 35.4 Å². The average molecular weight is 405 g/mol. The number of nitrogens with zero attached hydrogens (tertiary/aromatic N) is 2. The van der Waals surface area contributed by atoms with E-state index in [1.54, 1.807) is 14.2 Å². The van der Waals surface area contributed by atoms with Crippen LogP contribution in [-0.2, 0) is 7.05 Å². The Morgan fingerprint density at radius 1 is 1.03 bits per heavy atom. The van der Waals surface area contributed by atoms with Crippen molar-refractivity contribution in [3.63, 3.8) is 0 Å². The molecule has 9 rings (SSSR count). The maximum Gasteiger partial charge on any atom is 0.347 e. The molecule has 1 aromatic heterocycles. The average Bonchev–Trinajstić information content (AvgIpc) is 3.53. The fraction of sp³-hybridized carbons (Fsp3) is 0.565. The van der Waals surface area contributed by atoms with Gasteiger partial charge in [0.25, 0.3) is 0 Å². The molecule has 30 heavy (non-hydrogen) atoms. The smallest absolute Gasteiger partial charge is 0.347 e. The Bertz CT molecular complexity index is 1330. The largest absolute Gasteiger partial charge is 0.496 e. The number of ether oxygens (including phenoxy) is 2. The van der Waals surface area contributed by atoms with Crippen molar-refractivity contribution in [1.29, 1.82) is 0 Å². The summed E-state index contributed by atoms with van der Waals surface area (Å²) in [5.74, 6) is 5.93.